The molecular formula is C12H17BrN4. The number of nitrogen functional groups attached to an aromatic ring is 1. The van der Waals surface area contributed by atoms with Gasteiger partial charge < -0.3 is 10.6 Å². The van der Waals surface area contributed by atoms with Crippen LogP contribution in [0.4, 0.5) is 11.4 Å². The number of rotatable bonds is 5. The second kappa shape index (κ2) is 6.45. The van der Waals surface area contributed by atoms with Crippen molar-refractivity contribution in [3.05, 3.63) is 16.9 Å². The van der Waals surface area contributed by atoms with E-state index in [1.54, 1.807) is 12.4 Å². The van der Waals surface area contributed by atoms with Crippen LogP contribution in [0.2, 0.25) is 0 Å². The lowest BCUT2D eigenvalue weighted by atomic mass is 10.2. The third kappa shape index (κ3) is 3.90. The molecule has 1 heterocycles. The molecule has 5 heteroatoms. The van der Waals surface area contributed by atoms with Gasteiger partial charge in [0.15, 0.2) is 0 Å². The minimum Gasteiger partial charge on any atom is -0.396 e. The quantitative estimate of drug-likeness (QED) is 0.907. The van der Waals surface area contributed by atoms with Crippen molar-refractivity contribution in [3.63, 3.8) is 0 Å². The van der Waals surface area contributed by atoms with Crippen molar-refractivity contribution in [3.8, 4) is 6.07 Å². The lowest BCUT2D eigenvalue weighted by Crippen LogP contribution is -2.29. The van der Waals surface area contributed by atoms with Crippen LogP contribution in [0, 0.1) is 17.2 Å². The van der Waals surface area contributed by atoms with Crippen molar-refractivity contribution >= 4 is 27.3 Å². The summed E-state index contributed by atoms with van der Waals surface area (Å²) in [4.78, 5) is 6.16. The zero-order valence-electron chi connectivity index (χ0n) is 10.2. The highest BCUT2D eigenvalue weighted by molar-refractivity contribution is 9.10. The Morgan fingerprint density at radius 2 is 2.24 bits per heavy atom. The molecular weight excluding hydrogens is 280 g/mol. The molecule has 4 nitrogen and oxygen atoms in total. The summed E-state index contributed by atoms with van der Waals surface area (Å²) in [6.45, 7) is 5.84. The Labute approximate surface area is 111 Å². The van der Waals surface area contributed by atoms with Crippen LogP contribution in [-0.4, -0.2) is 18.1 Å². The van der Waals surface area contributed by atoms with E-state index in [-0.39, 0.29) is 0 Å². The van der Waals surface area contributed by atoms with Gasteiger partial charge in [-0.3, -0.25) is 4.98 Å². The third-order valence-electron chi connectivity index (χ3n) is 2.30. The molecule has 0 amide bonds. The zero-order chi connectivity index (χ0) is 12.8. The van der Waals surface area contributed by atoms with Gasteiger partial charge in [0.2, 0.25) is 0 Å². The molecule has 1 rings (SSSR count). The summed E-state index contributed by atoms with van der Waals surface area (Å²) in [5, 5.41) is 8.70. The average Bonchev–Trinajstić information content (AvgIpc) is 2.24. The smallest absolute Gasteiger partial charge is 0.0776 e. The Kier molecular flexibility index (Phi) is 5.23. The molecule has 0 aliphatic carbocycles. The van der Waals surface area contributed by atoms with Gasteiger partial charge in [0.1, 0.15) is 0 Å². The molecule has 0 spiro atoms. The molecule has 92 valence electrons. The van der Waals surface area contributed by atoms with Crippen LogP contribution < -0.4 is 10.6 Å². The van der Waals surface area contributed by atoms with Gasteiger partial charge in [0.25, 0.3) is 0 Å². The Morgan fingerprint density at radius 1 is 1.53 bits per heavy atom. The van der Waals surface area contributed by atoms with Gasteiger partial charge in [0, 0.05) is 19.3 Å². The van der Waals surface area contributed by atoms with Crippen molar-refractivity contribution in [1.82, 2.24) is 4.98 Å². The molecule has 0 fully saturated rings. The Morgan fingerprint density at radius 3 is 2.76 bits per heavy atom. The average molecular weight is 297 g/mol. The number of pyridine rings is 1. The maximum atomic E-state index is 8.70. The maximum Gasteiger partial charge on any atom is 0.0776 e. The highest BCUT2D eigenvalue weighted by Gasteiger charge is 2.14. The number of nitriles is 1. The summed E-state index contributed by atoms with van der Waals surface area (Å²) < 4.78 is 0.871. The van der Waals surface area contributed by atoms with E-state index in [0.29, 0.717) is 24.6 Å². The third-order valence-corrected chi connectivity index (χ3v) is 2.88. The summed E-state index contributed by atoms with van der Waals surface area (Å²) >= 11 is 3.46. The Hall–Kier alpha value is -1.28. The van der Waals surface area contributed by atoms with E-state index in [0.717, 1.165) is 16.7 Å². The predicted octanol–water partition coefficient (Wildman–Crippen LogP) is 2.80. The fourth-order valence-electron chi connectivity index (χ4n) is 1.70. The molecule has 17 heavy (non-hydrogen) atoms. The van der Waals surface area contributed by atoms with Crippen LogP contribution in [-0.2, 0) is 0 Å². The summed E-state index contributed by atoms with van der Waals surface area (Å²) in [7, 11) is 0. The Bertz CT molecular complexity index is 391. The van der Waals surface area contributed by atoms with E-state index < -0.39 is 0 Å². The molecule has 0 saturated heterocycles. The number of nitrogens with zero attached hydrogens (tertiary/aromatic N) is 3. The van der Waals surface area contributed by atoms with Gasteiger partial charge in [-0.15, -0.1) is 0 Å². The first-order chi connectivity index (χ1) is 8.06. The van der Waals surface area contributed by atoms with Gasteiger partial charge in [-0.1, -0.05) is 13.8 Å². The number of hydrogen-bond donors (Lipinski definition) is 1. The van der Waals surface area contributed by atoms with Crippen LogP contribution in [0.25, 0.3) is 0 Å². The van der Waals surface area contributed by atoms with Gasteiger partial charge in [-0.2, -0.15) is 5.26 Å². The maximum absolute atomic E-state index is 8.70. The molecule has 0 aromatic carbocycles. The van der Waals surface area contributed by atoms with Gasteiger partial charge >= 0.3 is 0 Å². The first-order valence-electron chi connectivity index (χ1n) is 5.57. The van der Waals surface area contributed by atoms with E-state index >= 15 is 0 Å². The molecule has 0 bridgehead atoms. The van der Waals surface area contributed by atoms with E-state index in [4.69, 9.17) is 11.0 Å². The lowest BCUT2D eigenvalue weighted by Gasteiger charge is -2.27. The van der Waals surface area contributed by atoms with Crippen molar-refractivity contribution in [2.75, 3.05) is 23.7 Å². The summed E-state index contributed by atoms with van der Waals surface area (Å²) in [5.74, 6) is 0.508. The number of anilines is 2. The number of nitrogens with two attached hydrogens (primary N) is 1. The van der Waals surface area contributed by atoms with Gasteiger partial charge in [-0.05, 0) is 21.8 Å². The molecule has 0 aliphatic rings. The highest BCUT2D eigenvalue weighted by Crippen LogP contribution is 2.31. The van der Waals surface area contributed by atoms with E-state index in [9.17, 15) is 0 Å². The minimum atomic E-state index is 0.487. The molecule has 0 atom stereocenters. The normalized spacial score (nSPS) is 10.3. The van der Waals surface area contributed by atoms with E-state index in [1.165, 1.54) is 0 Å². The van der Waals surface area contributed by atoms with Crippen LogP contribution in [0.15, 0.2) is 16.9 Å². The number of hydrogen-bond acceptors (Lipinski definition) is 4. The van der Waals surface area contributed by atoms with Crippen molar-refractivity contribution in [1.29, 1.82) is 5.26 Å². The first kappa shape index (κ1) is 13.8. The van der Waals surface area contributed by atoms with E-state index in [2.05, 4.69) is 45.7 Å². The second-order valence-corrected chi connectivity index (χ2v) is 5.16. The monoisotopic (exact) mass is 296 g/mol. The zero-order valence-corrected chi connectivity index (χ0v) is 11.7. The van der Waals surface area contributed by atoms with Crippen molar-refractivity contribution in [2.45, 2.75) is 20.3 Å². The van der Waals surface area contributed by atoms with Gasteiger partial charge in [0.05, 0.1) is 34.5 Å². The fraction of sp³-hybridized carbons (Fsp3) is 0.500. The molecule has 0 saturated carbocycles. The lowest BCUT2D eigenvalue weighted by molar-refractivity contribution is 0.612. The molecule has 0 aliphatic heterocycles. The summed E-state index contributed by atoms with van der Waals surface area (Å²) in [5.41, 5.74) is 7.52. The first-order valence-corrected chi connectivity index (χ1v) is 6.36. The predicted molar refractivity (Wildman–Crippen MR) is 73.6 cm³/mol. The number of aromatic nitrogens is 1. The van der Waals surface area contributed by atoms with Crippen LogP contribution in [0.1, 0.15) is 20.3 Å². The van der Waals surface area contributed by atoms with Gasteiger partial charge in [-0.25, -0.2) is 0 Å². The van der Waals surface area contributed by atoms with Crippen molar-refractivity contribution < 1.29 is 0 Å². The largest absolute Gasteiger partial charge is 0.396 e. The summed E-state index contributed by atoms with van der Waals surface area (Å²) in [6, 6.07) is 2.17. The minimum absolute atomic E-state index is 0.487. The SMILES string of the molecule is CC(C)CN(CCC#N)c1c(N)cncc1Br. The number of halogens is 1. The highest BCUT2D eigenvalue weighted by atomic mass is 79.9. The standard InChI is InChI=1S/C12H17BrN4/c1-9(2)8-17(5-3-4-14)12-10(13)6-16-7-11(12)15/h6-7,9H,3,5,8,15H2,1-2H3. The molecule has 2 N–H and O–H groups in total. The van der Waals surface area contributed by atoms with Crippen LogP contribution >= 0.6 is 15.9 Å². The van der Waals surface area contributed by atoms with Crippen LogP contribution in [0.5, 0.6) is 0 Å². The Balaban J connectivity index is 2.99. The van der Waals surface area contributed by atoms with Crippen molar-refractivity contribution in [2.24, 2.45) is 5.92 Å². The molecule has 0 radical (unpaired) electrons. The summed E-state index contributed by atoms with van der Waals surface area (Å²) in [6.07, 6.45) is 3.85. The molecule has 1 aromatic rings. The fourth-order valence-corrected chi connectivity index (χ4v) is 2.29. The van der Waals surface area contributed by atoms with E-state index in [1.807, 2.05) is 0 Å². The van der Waals surface area contributed by atoms with Crippen LogP contribution in [0.3, 0.4) is 0 Å². The molecule has 0 unspecified atom stereocenters. The second-order valence-electron chi connectivity index (χ2n) is 4.31. The molecule has 1 aromatic heterocycles. The topological polar surface area (TPSA) is 65.9 Å².